The first-order valence-corrected chi connectivity index (χ1v) is 6.72. The van der Waals surface area contributed by atoms with Gasteiger partial charge in [-0.15, -0.1) is 0 Å². The average Bonchev–Trinajstić information content (AvgIpc) is 2.23. The van der Waals surface area contributed by atoms with Crippen molar-refractivity contribution in [3.05, 3.63) is 0 Å². The molecule has 0 N–H and O–H groups in total. The standard InChI is InChI=1S/C12H27B3O/c1-11(2,3)15-8-6-10(13)16-9(8)7-12(4,5)14/h8-10,15H,6-7,13-14H2,1-5H3. The summed E-state index contributed by atoms with van der Waals surface area (Å²) in [6.07, 6.45) is 2.92. The van der Waals surface area contributed by atoms with E-state index in [9.17, 15) is 0 Å². The molecule has 0 aromatic heterocycles. The molecule has 90 valence electrons. The van der Waals surface area contributed by atoms with Gasteiger partial charge in [-0.3, -0.25) is 0 Å². The van der Waals surface area contributed by atoms with Gasteiger partial charge in [0.05, 0.1) is 6.10 Å². The molecule has 1 saturated heterocycles. The van der Waals surface area contributed by atoms with Crippen molar-refractivity contribution in [2.45, 2.75) is 76.0 Å². The maximum Gasteiger partial charge on any atom is 0.139 e. The Balaban J connectivity index is 2.60. The van der Waals surface area contributed by atoms with Crippen LogP contribution in [0.4, 0.5) is 0 Å². The van der Waals surface area contributed by atoms with Crippen molar-refractivity contribution in [2.75, 3.05) is 0 Å². The van der Waals surface area contributed by atoms with Crippen LogP contribution in [-0.2, 0) is 4.74 Å². The third kappa shape index (κ3) is 4.99. The summed E-state index contributed by atoms with van der Waals surface area (Å²) in [5.74, 6) is 0.759. The van der Waals surface area contributed by atoms with Gasteiger partial charge in [-0.25, -0.2) is 0 Å². The second-order valence-electron chi connectivity index (χ2n) is 8.01. The van der Waals surface area contributed by atoms with E-state index in [1.165, 1.54) is 20.1 Å². The van der Waals surface area contributed by atoms with Crippen molar-refractivity contribution in [2.24, 2.45) is 0 Å². The SMILES string of the molecule is BC1CC(BC(C)(C)C)C(CC(B)(C)C)O1. The fraction of sp³-hybridized carbons (Fsp3) is 1.00. The second-order valence-corrected chi connectivity index (χ2v) is 8.01. The van der Waals surface area contributed by atoms with Crippen molar-refractivity contribution in [1.82, 2.24) is 0 Å². The Morgan fingerprint density at radius 1 is 1.25 bits per heavy atom. The molecule has 0 bridgehead atoms. The van der Waals surface area contributed by atoms with Crippen molar-refractivity contribution in [3.8, 4) is 0 Å². The largest absolute Gasteiger partial charge is 0.384 e. The highest BCUT2D eigenvalue weighted by atomic mass is 16.5. The molecule has 1 fully saturated rings. The summed E-state index contributed by atoms with van der Waals surface area (Å²) in [5, 5.41) is 0.805. The Hall–Kier alpha value is 0.155. The van der Waals surface area contributed by atoms with Gasteiger partial charge in [-0.05, 0) is 18.7 Å². The van der Waals surface area contributed by atoms with E-state index in [-0.39, 0.29) is 0 Å². The van der Waals surface area contributed by atoms with Crippen LogP contribution >= 0.6 is 0 Å². The van der Waals surface area contributed by atoms with Crippen LogP contribution in [-0.4, -0.2) is 35.1 Å². The molecule has 1 rings (SSSR count). The van der Waals surface area contributed by atoms with Gasteiger partial charge in [0.2, 0.25) is 0 Å². The fourth-order valence-corrected chi connectivity index (χ4v) is 2.86. The summed E-state index contributed by atoms with van der Waals surface area (Å²) in [5.41, 5.74) is 0. The van der Waals surface area contributed by atoms with Crippen molar-refractivity contribution in [1.29, 1.82) is 0 Å². The molecule has 0 spiro atoms. The maximum atomic E-state index is 6.10. The Labute approximate surface area is 104 Å². The minimum absolute atomic E-state index is 0.380. The lowest BCUT2D eigenvalue weighted by Crippen LogP contribution is -2.25. The molecule has 16 heavy (non-hydrogen) atoms. The lowest BCUT2D eigenvalue weighted by atomic mass is 9.45. The molecule has 0 amide bonds. The molecule has 1 heterocycles. The minimum Gasteiger partial charge on any atom is -0.384 e. The Morgan fingerprint density at radius 2 is 1.81 bits per heavy atom. The van der Waals surface area contributed by atoms with Gasteiger partial charge >= 0.3 is 0 Å². The number of ether oxygens (including phenoxy) is 1. The first-order chi connectivity index (χ1) is 7.07. The molecule has 0 radical (unpaired) electrons. The minimum atomic E-state index is 0.380. The molecule has 4 heteroatoms. The van der Waals surface area contributed by atoms with E-state index in [0.717, 1.165) is 5.82 Å². The topological polar surface area (TPSA) is 9.23 Å². The van der Waals surface area contributed by atoms with E-state index >= 15 is 0 Å². The van der Waals surface area contributed by atoms with Gasteiger partial charge in [-0.1, -0.05) is 45.2 Å². The molecule has 3 atom stereocenters. The van der Waals surface area contributed by atoms with E-state index < -0.39 is 0 Å². The van der Waals surface area contributed by atoms with E-state index in [4.69, 9.17) is 4.74 Å². The summed E-state index contributed by atoms with van der Waals surface area (Å²) >= 11 is 0. The lowest BCUT2D eigenvalue weighted by Gasteiger charge is -2.29. The molecule has 1 aliphatic heterocycles. The van der Waals surface area contributed by atoms with Gasteiger partial charge < -0.3 is 4.74 Å². The van der Waals surface area contributed by atoms with E-state index in [0.29, 0.717) is 22.7 Å². The first-order valence-electron chi connectivity index (χ1n) is 6.72. The maximum absolute atomic E-state index is 6.10. The van der Waals surface area contributed by atoms with Crippen LogP contribution < -0.4 is 0 Å². The Bertz CT molecular complexity index is 205. The molecular formula is C12H27B3O. The van der Waals surface area contributed by atoms with Gasteiger partial charge in [-0.2, -0.15) is 0 Å². The van der Waals surface area contributed by atoms with Gasteiger partial charge in [0, 0.05) is 6.00 Å². The summed E-state index contributed by atoms with van der Waals surface area (Å²) < 4.78 is 6.10. The summed E-state index contributed by atoms with van der Waals surface area (Å²) in [6.45, 7) is 11.6. The highest BCUT2D eigenvalue weighted by molar-refractivity contribution is 6.42. The van der Waals surface area contributed by atoms with Crippen LogP contribution in [0.1, 0.15) is 47.5 Å². The van der Waals surface area contributed by atoms with Gasteiger partial charge in [0.15, 0.2) is 0 Å². The quantitative estimate of drug-likeness (QED) is 0.653. The monoisotopic (exact) mass is 220 g/mol. The smallest absolute Gasteiger partial charge is 0.139 e. The van der Waals surface area contributed by atoms with Crippen LogP contribution in [0.2, 0.25) is 16.4 Å². The predicted octanol–water partition coefficient (Wildman–Crippen LogP) is 1.40. The third-order valence-electron chi connectivity index (χ3n) is 3.26. The zero-order valence-corrected chi connectivity index (χ0v) is 12.3. The molecule has 0 aromatic rings. The molecule has 0 saturated carbocycles. The number of hydrogen-bond donors (Lipinski definition) is 0. The number of hydrogen-bond acceptors (Lipinski definition) is 1. The third-order valence-corrected chi connectivity index (χ3v) is 3.26. The molecule has 0 aliphatic carbocycles. The average molecular weight is 220 g/mol. The highest BCUT2D eigenvalue weighted by Gasteiger charge is 2.37. The molecule has 1 nitrogen and oxygen atoms in total. The summed E-state index contributed by atoms with van der Waals surface area (Å²) in [4.78, 5) is 0. The van der Waals surface area contributed by atoms with Crippen LogP contribution in [0.3, 0.4) is 0 Å². The molecule has 3 unspecified atom stereocenters. The summed E-state index contributed by atoms with van der Waals surface area (Å²) in [6, 6.07) is 0.458. The van der Waals surface area contributed by atoms with Crippen LogP contribution in [0.5, 0.6) is 0 Å². The predicted molar refractivity (Wildman–Crippen MR) is 79.6 cm³/mol. The lowest BCUT2D eigenvalue weighted by molar-refractivity contribution is 0.0750. The van der Waals surface area contributed by atoms with Crippen LogP contribution in [0.25, 0.3) is 0 Å². The van der Waals surface area contributed by atoms with Gasteiger partial charge in [0.25, 0.3) is 0 Å². The van der Waals surface area contributed by atoms with E-state index in [2.05, 4.69) is 50.3 Å². The van der Waals surface area contributed by atoms with E-state index in [1.807, 2.05) is 0 Å². The van der Waals surface area contributed by atoms with Gasteiger partial charge in [0.1, 0.15) is 23.0 Å². The highest BCUT2D eigenvalue weighted by Crippen LogP contribution is 2.42. The zero-order chi connectivity index (χ0) is 12.6. The van der Waals surface area contributed by atoms with Crippen molar-refractivity contribution >= 4 is 23.0 Å². The first kappa shape index (κ1) is 14.2. The normalized spacial score (nSPS) is 31.7. The molecular weight excluding hydrogens is 193 g/mol. The second kappa shape index (κ2) is 4.80. The van der Waals surface area contributed by atoms with Crippen LogP contribution in [0.15, 0.2) is 0 Å². The van der Waals surface area contributed by atoms with Crippen LogP contribution in [0, 0.1) is 0 Å². The Morgan fingerprint density at radius 3 is 2.25 bits per heavy atom. The fourth-order valence-electron chi connectivity index (χ4n) is 2.86. The molecule has 0 aromatic carbocycles. The van der Waals surface area contributed by atoms with Crippen molar-refractivity contribution in [3.63, 3.8) is 0 Å². The Kier molecular flexibility index (Phi) is 4.26. The zero-order valence-electron chi connectivity index (χ0n) is 12.3. The van der Waals surface area contributed by atoms with E-state index in [1.54, 1.807) is 0 Å². The number of rotatable bonds is 3. The molecule has 1 aliphatic rings. The van der Waals surface area contributed by atoms with Crippen molar-refractivity contribution < 1.29 is 4.74 Å². The summed E-state index contributed by atoms with van der Waals surface area (Å²) in [7, 11) is 5.82.